The lowest BCUT2D eigenvalue weighted by Gasteiger charge is -2.37. The first-order valence-corrected chi connectivity index (χ1v) is 11.6. The summed E-state index contributed by atoms with van der Waals surface area (Å²) in [6.07, 6.45) is 15.2. The van der Waals surface area contributed by atoms with Crippen LogP contribution >= 0.6 is 12.2 Å². The van der Waals surface area contributed by atoms with E-state index in [4.69, 9.17) is 4.74 Å². The van der Waals surface area contributed by atoms with Crippen molar-refractivity contribution >= 4 is 23.1 Å². The SMILES string of the molecule is CCCC[C@H]1CC[C@H](C2CCC(COc3ccc(N=C=S)c(F)c3)CC2)CC1. The van der Waals surface area contributed by atoms with Gasteiger partial charge in [0.15, 0.2) is 5.82 Å². The lowest BCUT2D eigenvalue weighted by atomic mass is 9.69. The Hall–Kier alpha value is -1.25. The molecule has 0 heterocycles. The van der Waals surface area contributed by atoms with Gasteiger partial charge in [-0.2, -0.15) is 4.99 Å². The number of unbranched alkanes of at least 4 members (excludes halogenated alkanes) is 1. The van der Waals surface area contributed by atoms with Crippen LogP contribution in [0, 0.1) is 29.5 Å². The van der Waals surface area contributed by atoms with Gasteiger partial charge in [-0.15, -0.1) is 0 Å². The average molecular weight is 404 g/mol. The van der Waals surface area contributed by atoms with Crippen LogP contribution in [-0.4, -0.2) is 11.8 Å². The number of hydrogen-bond donors (Lipinski definition) is 0. The van der Waals surface area contributed by atoms with E-state index in [2.05, 4.69) is 29.3 Å². The molecule has 0 atom stereocenters. The molecule has 0 aliphatic heterocycles. The molecule has 28 heavy (non-hydrogen) atoms. The fourth-order valence-corrected chi connectivity index (χ4v) is 5.30. The summed E-state index contributed by atoms with van der Waals surface area (Å²) >= 11 is 4.53. The van der Waals surface area contributed by atoms with E-state index in [-0.39, 0.29) is 5.69 Å². The molecule has 4 heteroatoms. The first-order chi connectivity index (χ1) is 13.7. The normalized spacial score (nSPS) is 27.8. The second-order valence-electron chi connectivity index (χ2n) is 8.83. The molecule has 0 bridgehead atoms. The van der Waals surface area contributed by atoms with Crippen LogP contribution in [0.4, 0.5) is 10.1 Å². The van der Waals surface area contributed by atoms with Crippen LogP contribution in [0.15, 0.2) is 23.2 Å². The number of halogens is 1. The van der Waals surface area contributed by atoms with Gasteiger partial charge in [0, 0.05) is 6.07 Å². The highest BCUT2D eigenvalue weighted by Gasteiger charge is 2.30. The summed E-state index contributed by atoms with van der Waals surface area (Å²) in [6, 6.07) is 4.75. The number of rotatable bonds is 8. The van der Waals surface area contributed by atoms with Crippen LogP contribution in [0.25, 0.3) is 0 Å². The number of thiocarbonyl (C=S) groups is 1. The van der Waals surface area contributed by atoms with E-state index in [1.54, 1.807) is 12.1 Å². The van der Waals surface area contributed by atoms with Crippen molar-refractivity contribution in [3.05, 3.63) is 24.0 Å². The molecule has 0 amide bonds. The topological polar surface area (TPSA) is 21.6 Å². The molecule has 1 aromatic rings. The Balaban J connectivity index is 1.38. The van der Waals surface area contributed by atoms with Crippen molar-refractivity contribution < 1.29 is 9.13 Å². The average Bonchev–Trinajstić information content (AvgIpc) is 2.73. The predicted octanol–water partition coefficient (Wildman–Crippen LogP) is 7.74. The van der Waals surface area contributed by atoms with E-state index in [9.17, 15) is 4.39 Å². The Kier molecular flexibility index (Phi) is 8.48. The van der Waals surface area contributed by atoms with Gasteiger partial charge in [-0.05, 0) is 86.5 Å². The Bertz CT molecular complexity index is 657. The lowest BCUT2D eigenvalue weighted by molar-refractivity contribution is 0.121. The fraction of sp³-hybridized carbons (Fsp3) is 0.708. The highest BCUT2D eigenvalue weighted by molar-refractivity contribution is 7.78. The highest BCUT2D eigenvalue weighted by Crippen LogP contribution is 2.42. The molecule has 2 nitrogen and oxygen atoms in total. The minimum absolute atomic E-state index is 0.215. The quantitative estimate of drug-likeness (QED) is 0.327. The molecule has 2 fully saturated rings. The molecular weight excluding hydrogens is 369 g/mol. The van der Waals surface area contributed by atoms with E-state index in [0.29, 0.717) is 18.3 Å². The first-order valence-electron chi connectivity index (χ1n) is 11.2. The van der Waals surface area contributed by atoms with Crippen LogP contribution < -0.4 is 4.74 Å². The van der Waals surface area contributed by atoms with Gasteiger partial charge in [0.05, 0.1) is 11.8 Å². The Morgan fingerprint density at radius 2 is 1.68 bits per heavy atom. The van der Waals surface area contributed by atoms with Gasteiger partial charge in [-0.25, -0.2) is 4.39 Å². The van der Waals surface area contributed by atoms with Crippen LogP contribution in [0.2, 0.25) is 0 Å². The van der Waals surface area contributed by atoms with Crippen molar-refractivity contribution in [3.63, 3.8) is 0 Å². The molecular formula is C24H34FNOS. The summed E-state index contributed by atoms with van der Waals surface area (Å²) in [5.41, 5.74) is 0.215. The second-order valence-corrected chi connectivity index (χ2v) is 9.01. The zero-order chi connectivity index (χ0) is 19.8. The smallest absolute Gasteiger partial charge is 0.153 e. The summed E-state index contributed by atoms with van der Waals surface area (Å²) in [7, 11) is 0. The third-order valence-electron chi connectivity index (χ3n) is 6.99. The largest absolute Gasteiger partial charge is 0.493 e. The third-order valence-corrected chi connectivity index (χ3v) is 7.08. The molecule has 0 aromatic heterocycles. The van der Waals surface area contributed by atoms with Crippen molar-refractivity contribution in [2.24, 2.45) is 28.7 Å². The van der Waals surface area contributed by atoms with Crippen molar-refractivity contribution in [2.45, 2.75) is 77.6 Å². The number of benzene rings is 1. The molecule has 0 saturated heterocycles. The maximum absolute atomic E-state index is 13.9. The number of nitrogens with zero attached hydrogens (tertiary/aromatic N) is 1. The lowest BCUT2D eigenvalue weighted by Crippen LogP contribution is -2.27. The summed E-state index contributed by atoms with van der Waals surface area (Å²) < 4.78 is 19.8. The number of isothiocyanates is 1. The molecule has 2 saturated carbocycles. The van der Waals surface area contributed by atoms with Gasteiger partial charge in [0.1, 0.15) is 11.4 Å². The van der Waals surface area contributed by atoms with Crippen LogP contribution in [0.1, 0.15) is 77.6 Å². The number of ether oxygens (including phenoxy) is 1. The maximum Gasteiger partial charge on any atom is 0.153 e. The van der Waals surface area contributed by atoms with Crippen LogP contribution in [0.3, 0.4) is 0 Å². The molecule has 1 aromatic carbocycles. The van der Waals surface area contributed by atoms with Crippen molar-refractivity contribution in [3.8, 4) is 5.75 Å². The van der Waals surface area contributed by atoms with Gasteiger partial charge in [0.2, 0.25) is 0 Å². The summed E-state index contributed by atoms with van der Waals surface area (Å²) in [5, 5.41) is 2.20. The van der Waals surface area contributed by atoms with Gasteiger partial charge < -0.3 is 4.74 Å². The molecule has 154 valence electrons. The Labute approximate surface area is 175 Å². The van der Waals surface area contributed by atoms with Crippen molar-refractivity contribution in [1.29, 1.82) is 0 Å². The predicted molar refractivity (Wildman–Crippen MR) is 117 cm³/mol. The van der Waals surface area contributed by atoms with E-state index in [0.717, 1.165) is 17.8 Å². The van der Waals surface area contributed by atoms with Crippen molar-refractivity contribution in [2.75, 3.05) is 6.61 Å². The molecule has 3 rings (SSSR count). The summed E-state index contributed by atoms with van der Waals surface area (Å²) in [5.74, 6) is 3.65. The van der Waals surface area contributed by atoms with Crippen LogP contribution in [-0.2, 0) is 0 Å². The zero-order valence-electron chi connectivity index (χ0n) is 17.2. The summed E-state index contributed by atoms with van der Waals surface area (Å²) in [6.45, 7) is 2.99. The van der Waals surface area contributed by atoms with Gasteiger partial charge in [-0.3, -0.25) is 0 Å². The number of hydrogen-bond acceptors (Lipinski definition) is 3. The molecule has 2 aliphatic carbocycles. The highest BCUT2D eigenvalue weighted by atomic mass is 32.1. The third kappa shape index (κ3) is 6.12. The molecule has 2 aliphatic rings. The standard InChI is InChI=1S/C24H34FNOS/c1-2-3-4-18-5-9-20(10-6-18)21-11-7-19(8-12-21)16-27-22-13-14-24(26-17-28)23(25)15-22/h13-15,18-21H,2-12,16H2,1H3/t18-,19?,20-,21?. The molecule has 0 spiro atoms. The summed E-state index contributed by atoms with van der Waals surface area (Å²) in [4.78, 5) is 3.70. The molecule has 0 radical (unpaired) electrons. The minimum Gasteiger partial charge on any atom is -0.493 e. The van der Waals surface area contributed by atoms with E-state index in [1.165, 1.54) is 76.7 Å². The zero-order valence-corrected chi connectivity index (χ0v) is 18.0. The van der Waals surface area contributed by atoms with E-state index < -0.39 is 5.82 Å². The Morgan fingerprint density at radius 3 is 2.25 bits per heavy atom. The van der Waals surface area contributed by atoms with Gasteiger partial charge in [0.25, 0.3) is 0 Å². The van der Waals surface area contributed by atoms with Crippen molar-refractivity contribution in [1.82, 2.24) is 0 Å². The first kappa shape index (κ1) is 21.5. The van der Waals surface area contributed by atoms with Crippen LogP contribution in [0.5, 0.6) is 5.75 Å². The Morgan fingerprint density at radius 1 is 1.04 bits per heavy atom. The maximum atomic E-state index is 13.9. The second kappa shape index (κ2) is 11.1. The fourth-order valence-electron chi connectivity index (χ4n) is 5.20. The monoisotopic (exact) mass is 403 g/mol. The molecule has 0 N–H and O–H groups in total. The molecule has 0 unspecified atom stereocenters. The van der Waals surface area contributed by atoms with E-state index in [1.807, 2.05) is 0 Å². The van der Waals surface area contributed by atoms with Gasteiger partial charge in [-0.1, -0.05) is 39.0 Å². The number of aliphatic imine (C=N–C) groups is 1. The minimum atomic E-state index is -0.409. The van der Waals surface area contributed by atoms with Gasteiger partial charge >= 0.3 is 0 Å². The van der Waals surface area contributed by atoms with E-state index >= 15 is 0 Å².